The number of Topliss-reactive ketones (excluding diaryl/α,β-unsaturated/α-hetero) is 1. The van der Waals surface area contributed by atoms with Gasteiger partial charge >= 0.3 is 0 Å². The van der Waals surface area contributed by atoms with Crippen molar-refractivity contribution in [3.63, 3.8) is 0 Å². The molecule has 108 valence electrons. The van der Waals surface area contributed by atoms with E-state index in [-0.39, 0.29) is 5.41 Å². The molecule has 2 heterocycles. The second-order valence-electron chi connectivity index (χ2n) is 7.22. The van der Waals surface area contributed by atoms with E-state index in [0.29, 0.717) is 18.2 Å². The maximum atomic E-state index is 12.5. The number of carbonyl (C=O) groups is 1. The van der Waals surface area contributed by atoms with Crippen LogP contribution in [0.3, 0.4) is 0 Å². The van der Waals surface area contributed by atoms with Gasteiger partial charge in [-0.15, -0.1) is 0 Å². The van der Waals surface area contributed by atoms with E-state index in [1.807, 2.05) is 0 Å². The fourth-order valence-electron chi connectivity index (χ4n) is 3.30. The minimum Gasteiger partial charge on any atom is -0.365 e. The van der Waals surface area contributed by atoms with Crippen LogP contribution in [0.5, 0.6) is 0 Å². The van der Waals surface area contributed by atoms with E-state index in [1.165, 1.54) is 5.56 Å². The van der Waals surface area contributed by atoms with Gasteiger partial charge in [-0.1, -0.05) is 26.8 Å². The van der Waals surface area contributed by atoms with Crippen LogP contribution in [-0.2, 0) is 5.41 Å². The SMILES string of the molecule is CN1CCN2c3ccc(C(C)(C)C)cc3C(=O)CC2C1. The Bertz CT molecular complexity index is 544. The molecule has 3 nitrogen and oxygen atoms in total. The first-order valence-electron chi connectivity index (χ1n) is 7.49. The highest BCUT2D eigenvalue weighted by atomic mass is 16.1. The number of piperazine rings is 1. The van der Waals surface area contributed by atoms with E-state index in [2.05, 4.69) is 55.8 Å². The molecule has 3 heteroatoms. The Balaban J connectivity index is 2.01. The van der Waals surface area contributed by atoms with E-state index in [4.69, 9.17) is 0 Å². The largest absolute Gasteiger partial charge is 0.365 e. The van der Waals surface area contributed by atoms with Crippen LogP contribution in [-0.4, -0.2) is 43.4 Å². The molecule has 0 spiro atoms. The van der Waals surface area contributed by atoms with Gasteiger partial charge in [-0.2, -0.15) is 0 Å². The lowest BCUT2D eigenvalue weighted by Crippen LogP contribution is -2.54. The molecular formula is C17H24N2O. The molecule has 0 aromatic heterocycles. The second kappa shape index (κ2) is 4.59. The molecule has 0 bridgehead atoms. The van der Waals surface area contributed by atoms with Gasteiger partial charge in [0.05, 0.1) is 0 Å². The van der Waals surface area contributed by atoms with Crippen molar-refractivity contribution in [2.24, 2.45) is 0 Å². The maximum absolute atomic E-state index is 12.5. The minimum atomic E-state index is 0.0915. The third-order valence-electron chi connectivity index (χ3n) is 4.58. The molecule has 0 radical (unpaired) electrons. The van der Waals surface area contributed by atoms with E-state index < -0.39 is 0 Å². The molecule has 3 rings (SSSR count). The third-order valence-corrected chi connectivity index (χ3v) is 4.58. The van der Waals surface area contributed by atoms with Gasteiger partial charge in [0.1, 0.15) is 0 Å². The van der Waals surface area contributed by atoms with E-state index in [0.717, 1.165) is 30.9 Å². The fourth-order valence-corrected chi connectivity index (χ4v) is 3.30. The van der Waals surface area contributed by atoms with Gasteiger partial charge in [-0.3, -0.25) is 4.79 Å². The van der Waals surface area contributed by atoms with Crippen LogP contribution in [0, 0.1) is 0 Å². The topological polar surface area (TPSA) is 23.6 Å². The summed E-state index contributed by atoms with van der Waals surface area (Å²) in [5.74, 6) is 0.308. The summed E-state index contributed by atoms with van der Waals surface area (Å²) in [6.07, 6.45) is 0.658. The quantitative estimate of drug-likeness (QED) is 0.725. The Labute approximate surface area is 121 Å². The minimum absolute atomic E-state index is 0.0915. The van der Waals surface area contributed by atoms with Crippen molar-refractivity contribution >= 4 is 11.5 Å². The zero-order valence-corrected chi connectivity index (χ0v) is 12.9. The molecule has 2 aliphatic heterocycles. The Morgan fingerprint density at radius 2 is 1.95 bits per heavy atom. The van der Waals surface area contributed by atoms with Gasteiger partial charge in [0.15, 0.2) is 5.78 Å². The van der Waals surface area contributed by atoms with E-state index >= 15 is 0 Å². The lowest BCUT2D eigenvalue weighted by atomic mass is 9.83. The molecule has 0 saturated carbocycles. The molecule has 0 amide bonds. The Kier molecular flexibility index (Phi) is 3.13. The normalized spacial score (nSPS) is 23.5. The smallest absolute Gasteiger partial charge is 0.167 e. The van der Waals surface area contributed by atoms with Crippen molar-refractivity contribution < 1.29 is 4.79 Å². The summed E-state index contributed by atoms with van der Waals surface area (Å²) < 4.78 is 0. The number of nitrogens with zero attached hydrogens (tertiary/aromatic N) is 2. The average Bonchev–Trinajstić information content (AvgIpc) is 2.37. The number of hydrogen-bond acceptors (Lipinski definition) is 3. The molecule has 2 aliphatic rings. The van der Waals surface area contributed by atoms with Gasteiger partial charge in [0.2, 0.25) is 0 Å². The average molecular weight is 272 g/mol. The number of rotatable bonds is 0. The van der Waals surface area contributed by atoms with E-state index in [1.54, 1.807) is 0 Å². The monoisotopic (exact) mass is 272 g/mol. The lowest BCUT2D eigenvalue weighted by molar-refractivity contribution is 0.0950. The Morgan fingerprint density at radius 3 is 2.65 bits per heavy atom. The Hall–Kier alpha value is -1.35. The van der Waals surface area contributed by atoms with Crippen molar-refractivity contribution in [2.75, 3.05) is 31.6 Å². The highest BCUT2D eigenvalue weighted by Crippen LogP contribution is 2.35. The van der Waals surface area contributed by atoms with Crippen LogP contribution < -0.4 is 4.90 Å². The predicted octanol–water partition coefficient (Wildman–Crippen LogP) is 2.69. The van der Waals surface area contributed by atoms with Crippen LogP contribution in [0.1, 0.15) is 43.1 Å². The predicted molar refractivity (Wildman–Crippen MR) is 82.7 cm³/mol. The number of benzene rings is 1. The van der Waals surface area contributed by atoms with Crippen LogP contribution in [0.2, 0.25) is 0 Å². The Morgan fingerprint density at radius 1 is 1.20 bits per heavy atom. The molecule has 1 saturated heterocycles. The number of fused-ring (bicyclic) bond motifs is 3. The number of carbonyl (C=O) groups excluding carboxylic acids is 1. The second-order valence-corrected chi connectivity index (χ2v) is 7.22. The summed E-state index contributed by atoms with van der Waals surface area (Å²) in [6.45, 7) is 9.68. The molecule has 1 fully saturated rings. The first-order chi connectivity index (χ1) is 9.36. The highest BCUT2D eigenvalue weighted by molar-refractivity contribution is 6.04. The summed E-state index contributed by atoms with van der Waals surface area (Å²) in [5.41, 5.74) is 3.41. The summed E-state index contributed by atoms with van der Waals surface area (Å²) in [4.78, 5) is 17.2. The summed E-state index contributed by atoms with van der Waals surface area (Å²) in [6, 6.07) is 6.82. The van der Waals surface area contributed by atoms with Crippen molar-refractivity contribution in [3.05, 3.63) is 29.3 Å². The molecule has 1 aromatic rings. The molecule has 0 N–H and O–H groups in total. The molecule has 1 unspecified atom stereocenters. The van der Waals surface area contributed by atoms with E-state index in [9.17, 15) is 4.79 Å². The summed E-state index contributed by atoms with van der Waals surface area (Å²) in [5, 5.41) is 0. The van der Waals surface area contributed by atoms with Crippen LogP contribution in [0.25, 0.3) is 0 Å². The van der Waals surface area contributed by atoms with Crippen molar-refractivity contribution in [1.29, 1.82) is 0 Å². The summed E-state index contributed by atoms with van der Waals surface area (Å²) >= 11 is 0. The number of hydrogen-bond donors (Lipinski definition) is 0. The molecule has 0 aliphatic carbocycles. The molecular weight excluding hydrogens is 248 g/mol. The third kappa shape index (κ3) is 2.24. The van der Waals surface area contributed by atoms with Gasteiger partial charge in [0, 0.05) is 43.3 Å². The number of anilines is 1. The van der Waals surface area contributed by atoms with Gasteiger partial charge < -0.3 is 9.80 Å². The molecule has 1 aromatic carbocycles. The van der Waals surface area contributed by atoms with Crippen molar-refractivity contribution in [1.82, 2.24) is 4.90 Å². The first-order valence-corrected chi connectivity index (χ1v) is 7.49. The molecule has 1 atom stereocenters. The van der Waals surface area contributed by atoms with Crippen LogP contribution in [0.15, 0.2) is 18.2 Å². The zero-order valence-electron chi connectivity index (χ0n) is 12.9. The van der Waals surface area contributed by atoms with Gasteiger partial charge in [-0.05, 0) is 30.2 Å². The van der Waals surface area contributed by atoms with Crippen molar-refractivity contribution in [2.45, 2.75) is 38.6 Å². The number of ketones is 1. The van der Waals surface area contributed by atoms with Crippen LogP contribution >= 0.6 is 0 Å². The molecule has 20 heavy (non-hydrogen) atoms. The highest BCUT2D eigenvalue weighted by Gasteiger charge is 2.35. The maximum Gasteiger partial charge on any atom is 0.167 e. The fraction of sp³-hybridized carbons (Fsp3) is 0.588. The number of likely N-dealkylation sites (N-methyl/N-ethyl adjacent to an activating group) is 1. The lowest BCUT2D eigenvalue weighted by Gasteiger charge is -2.44. The summed E-state index contributed by atoms with van der Waals surface area (Å²) in [7, 11) is 2.14. The van der Waals surface area contributed by atoms with Gasteiger partial charge in [0.25, 0.3) is 0 Å². The van der Waals surface area contributed by atoms with Crippen LogP contribution in [0.4, 0.5) is 5.69 Å². The first kappa shape index (κ1) is 13.6. The van der Waals surface area contributed by atoms with Gasteiger partial charge in [-0.25, -0.2) is 0 Å². The van der Waals surface area contributed by atoms with Crippen molar-refractivity contribution in [3.8, 4) is 0 Å². The standard InChI is InChI=1S/C17H24N2O/c1-17(2,3)12-5-6-15-14(9-12)16(20)10-13-11-18(4)7-8-19(13)15/h5-6,9,13H,7-8,10-11H2,1-4H3. The zero-order chi connectivity index (χ0) is 14.5.